The van der Waals surface area contributed by atoms with Gasteiger partial charge in [-0.2, -0.15) is 0 Å². The van der Waals surface area contributed by atoms with E-state index in [1.165, 1.54) is 0 Å². The van der Waals surface area contributed by atoms with Crippen LogP contribution in [0.25, 0.3) is 10.9 Å². The monoisotopic (exact) mass is 271 g/mol. The molecule has 0 fully saturated rings. The van der Waals surface area contributed by atoms with E-state index in [0.717, 1.165) is 15.4 Å². The van der Waals surface area contributed by atoms with E-state index in [1.807, 2.05) is 18.2 Å². The molecule has 2 nitrogen and oxygen atoms in total. The molecule has 0 aliphatic heterocycles. The van der Waals surface area contributed by atoms with Crippen LogP contribution in [0, 0.1) is 0 Å². The van der Waals surface area contributed by atoms with Crippen LogP contribution in [0.4, 0.5) is 0 Å². The van der Waals surface area contributed by atoms with Gasteiger partial charge in [-0.25, -0.2) is 0 Å². The molecule has 0 saturated heterocycles. The molecule has 14 heavy (non-hydrogen) atoms. The molecule has 0 spiro atoms. The first kappa shape index (κ1) is 9.74. The molecule has 0 amide bonds. The van der Waals surface area contributed by atoms with Crippen molar-refractivity contribution in [1.29, 1.82) is 0 Å². The van der Waals surface area contributed by atoms with Crippen LogP contribution in [0.3, 0.4) is 0 Å². The fourth-order valence-electron chi connectivity index (χ4n) is 1.28. The molecule has 1 aromatic heterocycles. The summed E-state index contributed by atoms with van der Waals surface area (Å²) in [5.41, 5.74) is 0.759. The fourth-order valence-corrected chi connectivity index (χ4v) is 1.93. The summed E-state index contributed by atoms with van der Waals surface area (Å²) in [6, 6.07) is 5.73. The van der Waals surface area contributed by atoms with Gasteiger partial charge in [0.25, 0.3) is 0 Å². The predicted octanol–water partition coefficient (Wildman–Crippen LogP) is 3.66. The average molecular weight is 273 g/mol. The Balaban J connectivity index is 2.77. The number of hydrogen-bond donors (Lipinski definition) is 0. The SMILES string of the molecule is COc1ccc2cc(Br)cnc2c1Cl. The quantitative estimate of drug-likeness (QED) is 0.790. The summed E-state index contributed by atoms with van der Waals surface area (Å²) in [6.07, 6.45) is 1.72. The number of benzene rings is 1. The highest BCUT2D eigenvalue weighted by molar-refractivity contribution is 9.10. The Labute approximate surface area is 95.0 Å². The van der Waals surface area contributed by atoms with Crippen molar-refractivity contribution in [2.75, 3.05) is 7.11 Å². The van der Waals surface area contributed by atoms with E-state index in [9.17, 15) is 0 Å². The Morgan fingerprint density at radius 2 is 2.21 bits per heavy atom. The van der Waals surface area contributed by atoms with Crippen molar-refractivity contribution in [1.82, 2.24) is 4.98 Å². The van der Waals surface area contributed by atoms with Crippen LogP contribution in [-0.4, -0.2) is 12.1 Å². The summed E-state index contributed by atoms with van der Waals surface area (Å²) >= 11 is 9.45. The number of pyridine rings is 1. The van der Waals surface area contributed by atoms with Gasteiger partial charge in [-0.05, 0) is 34.1 Å². The molecule has 0 bridgehead atoms. The van der Waals surface area contributed by atoms with Crippen LogP contribution in [-0.2, 0) is 0 Å². The molecular formula is C10H7BrClNO. The molecule has 0 radical (unpaired) electrons. The highest BCUT2D eigenvalue weighted by Crippen LogP contribution is 2.31. The normalized spacial score (nSPS) is 10.5. The number of nitrogens with zero attached hydrogens (tertiary/aromatic N) is 1. The predicted molar refractivity (Wildman–Crippen MR) is 61.0 cm³/mol. The molecule has 0 aliphatic carbocycles. The van der Waals surface area contributed by atoms with Crippen LogP contribution >= 0.6 is 27.5 Å². The lowest BCUT2D eigenvalue weighted by Gasteiger charge is -2.05. The minimum absolute atomic E-state index is 0.553. The van der Waals surface area contributed by atoms with Gasteiger partial charge >= 0.3 is 0 Å². The lowest BCUT2D eigenvalue weighted by Crippen LogP contribution is -1.87. The van der Waals surface area contributed by atoms with E-state index in [2.05, 4.69) is 20.9 Å². The molecule has 0 saturated carbocycles. The van der Waals surface area contributed by atoms with Gasteiger partial charge in [-0.3, -0.25) is 4.98 Å². The van der Waals surface area contributed by atoms with E-state index < -0.39 is 0 Å². The Hall–Kier alpha value is -0.800. The fraction of sp³-hybridized carbons (Fsp3) is 0.100. The summed E-state index contributed by atoms with van der Waals surface area (Å²) in [7, 11) is 1.59. The lowest BCUT2D eigenvalue weighted by atomic mass is 10.2. The van der Waals surface area contributed by atoms with Crippen molar-refractivity contribution < 1.29 is 4.74 Å². The third-order valence-electron chi connectivity index (χ3n) is 1.94. The molecule has 0 aliphatic rings. The standard InChI is InChI=1S/C10H7BrClNO/c1-14-8-3-2-6-4-7(11)5-13-10(6)9(8)12/h2-5H,1H3. The van der Waals surface area contributed by atoms with E-state index in [0.29, 0.717) is 10.8 Å². The lowest BCUT2D eigenvalue weighted by molar-refractivity contribution is 0.415. The van der Waals surface area contributed by atoms with Gasteiger partial charge in [-0.1, -0.05) is 11.6 Å². The maximum absolute atomic E-state index is 6.09. The van der Waals surface area contributed by atoms with Gasteiger partial charge in [0, 0.05) is 16.1 Å². The second-order valence-corrected chi connectivity index (χ2v) is 4.10. The van der Waals surface area contributed by atoms with Gasteiger partial charge in [0.05, 0.1) is 12.6 Å². The van der Waals surface area contributed by atoms with Gasteiger partial charge in [0.15, 0.2) is 0 Å². The maximum Gasteiger partial charge on any atom is 0.139 e. The first-order chi connectivity index (χ1) is 6.72. The molecule has 0 atom stereocenters. The van der Waals surface area contributed by atoms with Gasteiger partial charge in [0.2, 0.25) is 0 Å². The Morgan fingerprint density at radius 3 is 2.93 bits per heavy atom. The second kappa shape index (κ2) is 3.75. The van der Waals surface area contributed by atoms with E-state index >= 15 is 0 Å². The summed E-state index contributed by atoms with van der Waals surface area (Å²) < 4.78 is 6.04. The molecule has 0 N–H and O–H groups in total. The number of aromatic nitrogens is 1. The van der Waals surface area contributed by atoms with E-state index in [-0.39, 0.29) is 0 Å². The number of ether oxygens (including phenoxy) is 1. The van der Waals surface area contributed by atoms with Crippen molar-refractivity contribution in [3.05, 3.63) is 33.9 Å². The second-order valence-electron chi connectivity index (χ2n) is 2.81. The molecule has 1 heterocycles. The van der Waals surface area contributed by atoms with Crippen LogP contribution in [0.15, 0.2) is 28.9 Å². The van der Waals surface area contributed by atoms with Crippen molar-refractivity contribution in [3.8, 4) is 5.75 Å². The van der Waals surface area contributed by atoms with Crippen molar-refractivity contribution in [3.63, 3.8) is 0 Å². The van der Waals surface area contributed by atoms with E-state index in [1.54, 1.807) is 13.3 Å². The van der Waals surface area contributed by atoms with E-state index in [4.69, 9.17) is 16.3 Å². The summed E-state index contributed by atoms with van der Waals surface area (Å²) in [5.74, 6) is 0.647. The molecule has 0 unspecified atom stereocenters. The number of rotatable bonds is 1. The summed E-state index contributed by atoms with van der Waals surface area (Å²) in [4.78, 5) is 4.23. The Kier molecular flexibility index (Phi) is 2.61. The third kappa shape index (κ3) is 1.57. The Bertz CT molecular complexity index is 487. The zero-order valence-electron chi connectivity index (χ0n) is 7.42. The maximum atomic E-state index is 6.09. The van der Waals surface area contributed by atoms with Crippen LogP contribution < -0.4 is 4.74 Å². The van der Waals surface area contributed by atoms with Gasteiger partial charge < -0.3 is 4.74 Å². The average Bonchev–Trinajstić information content (AvgIpc) is 2.18. The first-order valence-corrected chi connectivity index (χ1v) is 5.17. The molecule has 72 valence electrons. The molecule has 4 heteroatoms. The largest absolute Gasteiger partial charge is 0.495 e. The minimum atomic E-state index is 0.553. The Morgan fingerprint density at radius 1 is 1.43 bits per heavy atom. The van der Waals surface area contributed by atoms with Crippen molar-refractivity contribution >= 4 is 38.4 Å². The summed E-state index contributed by atoms with van der Waals surface area (Å²) in [6.45, 7) is 0. The summed E-state index contributed by atoms with van der Waals surface area (Å²) in [5, 5.41) is 1.54. The highest BCUT2D eigenvalue weighted by atomic mass is 79.9. The number of methoxy groups -OCH3 is 1. The highest BCUT2D eigenvalue weighted by Gasteiger charge is 2.06. The number of fused-ring (bicyclic) bond motifs is 1. The smallest absolute Gasteiger partial charge is 0.139 e. The van der Waals surface area contributed by atoms with Crippen LogP contribution in [0.5, 0.6) is 5.75 Å². The first-order valence-electron chi connectivity index (χ1n) is 4.00. The van der Waals surface area contributed by atoms with Crippen molar-refractivity contribution in [2.24, 2.45) is 0 Å². The number of halogens is 2. The topological polar surface area (TPSA) is 22.1 Å². The van der Waals surface area contributed by atoms with Crippen LogP contribution in [0.1, 0.15) is 0 Å². The van der Waals surface area contributed by atoms with Crippen molar-refractivity contribution in [2.45, 2.75) is 0 Å². The number of hydrogen-bond acceptors (Lipinski definition) is 2. The van der Waals surface area contributed by atoms with Gasteiger partial charge in [-0.15, -0.1) is 0 Å². The van der Waals surface area contributed by atoms with Crippen LogP contribution in [0.2, 0.25) is 5.02 Å². The third-order valence-corrected chi connectivity index (χ3v) is 2.74. The molecule has 2 aromatic rings. The zero-order chi connectivity index (χ0) is 10.1. The van der Waals surface area contributed by atoms with Gasteiger partial charge in [0.1, 0.15) is 10.8 Å². The molecular weight excluding hydrogens is 265 g/mol. The zero-order valence-corrected chi connectivity index (χ0v) is 9.76. The minimum Gasteiger partial charge on any atom is -0.495 e. The molecule has 1 aromatic carbocycles. The molecule has 2 rings (SSSR count).